The number of nitrogens with one attached hydrogen (secondary N) is 2. The molecule has 0 aromatic carbocycles. The summed E-state index contributed by atoms with van der Waals surface area (Å²) in [6.45, 7) is 3.83. The lowest BCUT2D eigenvalue weighted by Crippen LogP contribution is -2.46. The van der Waals surface area contributed by atoms with Gasteiger partial charge in [0.1, 0.15) is 5.54 Å². The molecule has 1 saturated heterocycles. The number of hydrogen-bond donors (Lipinski definition) is 2. The second-order valence-electron chi connectivity index (χ2n) is 3.29. The second kappa shape index (κ2) is 4.00. The molecular formula is C8H14N2O2S. The summed E-state index contributed by atoms with van der Waals surface area (Å²) < 4.78 is 0. The monoisotopic (exact) mass is 202 g/mol. The summed E-state index contributed by atoms with van der Waals surface area (Å²) in [6, 6.07) is -0.385. The zero-order valence-electron chi connectivity index (χ0n) is 7.85. The van der Waals surface area contributed by atoms with E-state index in [0.717, 1.165) is 12.2 Å². The van der Waals surface area contributed by atoms with Gasteiger partial charge in [0.05, 0.1) is 0 Å². The van der Waals surface area contributed by atoms with Crippen LogP contribution >= 0.6 is 11.8 Å². The van der Waals surface area contributed by atoms with Gasteiger partial charge in [-0.05, 0) is 19.1 Å². The maximum absolute atomic E-state index is 11.3. The number of imide groups is 1. The number of thioether (sulfide) groups is 1. The summed E-state index contributed by atoms with van der Waals surface area (Å²) in [7, 11) is 0. The van der Waals surface area contributed by atoms with Crippen LogP contribution in [-0.2, 0) is 4.79 Å². The maximum Gasteiger partial charge on any atom is 0.322 e. The standard InChI is InChI=1S/C8H14N2O2S/c1-3-4-13-5-8(2)6(11)9-7(12)10-8/h3-5H2,1-2H3,(H2,9,10,11,12). The third-order valence-electron chi connectivity index (χ3n) is 1.86. The first-order valence-corrected chi connectivity index (χ1v) is 5.45. The number of carbonyl (C=O) groups is 2. The first kappa shape index (κ1) is 10.4. The molecule has 74 valence electrons. The predicted molar refractivity (Wildman–Crippen MR) is 52.7 cm³/mol. The average molecular weight is 202 g/mol. The fourth-order valence-electron chi connectivity index (χ4n) is 1.10. The lowest BCUT2D eigenvalue weighted by molar-refractivity contribution is -0.122. The van der Waals surface area contributed by atoms with E-state index in [0.29, 0.717) is 5.75 Å². The number of hydrogen-bond acceptors (Lipinski definition) is 3. The molecule has 0 radical (unpaired) electrons. The number of rotatable bonds is 4. The molecule has 0 bridgehead atoms. The summed E-state index contributed by atoms with van der Waals surface area (Å²) in [5.74, 6) is 1.43. The van der Waals surface area contributed by atoms with Crippen LogP contribution in [0.2, 0.25) is 0 Å². The van der Waals surface area contributed by atoms with Gasteiger partial charge in [0.25, 0.3) is 5.91 Å². The number of carbonyl (C=O) groups excluding carboxylic acids is 2. The molecule has 0 aromatic rings. The average Bonchev–Trinajstić information content (AvgIpc) is 2.27. The van der Waals surface area contributed by atoms with Crippen LogP contribution in [0, 0.1) is 0 Å². The van der Waals surface area contributed by atoms with Crippen molar-refractivity contribution in [2.45, 2.75) is 25.8 Å². The van der Waals surface area contributed by atoms with Crippen molar-refractivity contribution in [3.8, 4) is 0 Å². The van der Waals surface area contributed by atoms with Gasteiger partial charge in [-0.25, -0.2) is 4.79 Å². The van der Waals surface area contributed by atoms with Crippen LogP contribution in [0.3, 0.4) is 0 Å². The van der Waals surface area contributed by atoms with Crippen molar-refractivity contribution in [1.29, 1.82) is 0 Å². The molecule has 5 heteroatoms. The van der Waals surface area contributed by atoms with E-state index in [1.807, 2.05) is 0 Å². The first-order valence-electron chi connectivity index (χ1n) is 4.30. The molecule has 1 heterocycles. The molecule has 3 amide bonds. The number of amides is 3. The Kier molecular flexibility index (Phi) is 3.19. The maximum atomic E-state index is 11.3. The van der Waals surface area contributed by atoms with Crippen LogP contribution in [0.1, 0.15) is 20.3 Å². The molecule has 0 saturated carbocycles. The molecule has 1 rings (SSSR count). The van der Waals surface area contributed by atoms with E-state index in [1.165, 1.54) is 0 Å². The van der Waals surface area contributed by atoms with Gasteiger partial charge >= 0.3 is 6.03 Å². The predicted octanol–water partition coefficient (Wildman–Crippen LogP) is 0.728. The quantitative estimate of drug-likeness (QED) is 0.522. The van der Waals surface area contributed by atoms with Crippen LogP contribution in [0.25, 0.3) is 0 Å². The van der Waals surface area contributed by atoms with Crippen LogP contribution in [0.4, 0.5) is 4.79 Å². The lowest BCUT2D eigenvalue weighted by atomic mass is 10.1. The summed E-state index contributed by atoms with van der Waals surface area (Å²) in [6.07, 6.45) is 1.08. The second-order valence-corrected chi connectivity index (χ2v) is 4.40. The third kappa shape index (κ3) is 2.37. The summed E-state index contributed by atoms with van der Waals surface area (Å²) in [4.78, 5) is 22.1. The van der Waals surface area contributed by atoms with Gasteiger partial charge in [-0.1, -0.05) is 6.92 Å². The third-order valence-corrected chi connectivity index (χ3v) is 3.34. The van der Waals surface area contributed by atoms with E-state index in [-0.39, 0.29) is 11.9 Å². The fourth-order valence-corrected chi connectivity index (χ4v) is 2.15. The number of urea groups is 1. The molecule has 1 aliphatic rings. The van der Waals surface area contributed by atoms with Gasteiger partial charge in [0, 0.05) is 5.75 Å². The molecule has 0 aliphatic carbocycles. The zero-order chi connectivity index (χ0) is 9.90. The Morgan fingerprint density at radius 3 is 2.62 bits per heavy atom. The Morgan fingerprint density at radius 2 is 2.15 bits per heavy atom. The van der Waals surface area contributed by atoms with E-state index in [9.17, 15) is 9.59 Å². The fraction of sp³-hybridized carbons (Fsp3) is 0.750. The van der Waals surface area contributed by atoms with E-state index in [1.54, 1.807) is 18.7 Å². The molecule has 1 fully saturated rings. The Bertz CT molecular complexity index is 232. The van der Waals surface area contributed by atoms with E-state index in [4.69, 9.17) is 0 Å². The highest BCUT2D eigenvalue weighted by Gasteiger charge is 2.41. The van der Waals surface area contributed by atoms with Gasteiger partial charge in [-0.2, -0.15) is 11.8 Å². The van der Waals surface area contributed by atoms with Crippen molar-refractivity contribution in [3.05, 3.63) is 0 Å². The SMILES string of the molecule is CCCSCC1(C)NC(=O)NC1=O. The van der Waals surface area contributed by atoms with Crippen molar-refractivity contribution in [2.75, 3.05) is 11.5 Å². The summed E-state index contributed by atoms with van der Waals surface area (Å²) in [5, 5.41) is 4.85. The largest absolute Gasteiger partial charge is 0.323 e. The summed E-state index contributed by atoms with van der Waals surface area (Å²) in [5.41, 5.74) is -0.711. The Labute approximate surface area is 81.8 Å². The summed E-state index contributed by atoms with van der Waals surface area (Å²) >= 11 is 1.68. The molecule has 1 atom stereocenters. The molecule has 0 aromatic heterocycles. The van der Waals surface area contributed by atoms with E-state index in [2.05, 4.69) is 17.6 Å². The Morgan fingerprint density at radius 1 is 1.46 bits per heavy atom. The first-order chi connectivity index (χ1) is 6.08. The van der Waals surface area contributed by atoms with Gasteiger partial charge in [0.15, 0.2) is 0 Å². The molecule has 13 heavy (non-hydrogen) atoms. The molecule has 0 spiro atoms. The van der Waals surface area contributed by atoms with Gasteiger partial charge < -0.3 is 5.32 Å². The van der Waals surface area contributed by atoms with Crippen LogP contribution < -0.4 is 10.6 Å². The highest BCUT2D eigenvalue weighted by atomic mass is 32.2. The minimum absolute atomic E-state index is 0.221. The highest BCUT2D eigenvalue weighted by Crippen LogP contribution is 2.17. The Balaban J connectivity index is 2.46. The van der Waals surface area contributed by atoms with E-state index < -0.39 is 5.54 Å². The Hall–Kier alpha value is -0.710. The zero-order valence-corrected chi connectivity index (χ0v) is 8.66. The van der Waals surface area contributed by atoms with Gasteiger partial charge in [-0.15, -0.1) is 0 Å². The normalized spacial score (nSPS) is 27.2. The minimum Gasteiger partial charge on any atom is -0.323 e. The lowest BCUT2D eigenvalue weighted by Gasteiger charge is -2.19. The molecule has 2 N–H and O–H groups in total. The molecular weight excluding hydrogens is 188 g/mol. The van der Waals surface area contributed by atoms with Crippen LogP contribution in [-0.4, -0.2) is 29.0 Å². The van der Waals surface area contributed by atoms with Crippen LogP contribution in [0.5, 0.6) is 0 Å². The molecule has 1 aliphatic heterocycles. The minimum atomic E-state index is -0.711. The smallest absolute Gasteiger partial charge is 0.322 e. The van der Waals surface area contributed by atoms with Gasteiger partial charge in [0.2, 0.25) is 0 Å². The highest BCUT2D eigenvalue weighted by molar-refractivity contribution is 7.99. The topological polar surface area (TPSA) is 58.2 Å². The van der Waals surface area contributed by atoms with Crippen molar-refractivity contribution in [1.82, 2.24) is 10.6 Å². The van der Waals surface area contributed by atoms with Crippen molar-refractivity contribution in [2.24, 2.45) is 0 Å². The molecule has 1 unspecified atom stereocenters. The van der Waals surface area contributed by atoms with Crippen LogP contribution in [0.15, 0.2) is 0 Å². The van der Waals surface area contributed by atoms with E-state index >= 15 is 0 Å². The van der Waals surface area contributed by atoms with Gasteiger partial charge in [-0.3, -0.25) is 10.1 Å². The van der Waals surface area contributed by atoms with Crippen molar-refractivity contribution < 1.29 is 9.59 Å². The molecule has 4 nitrogen and oxygen atoms in total. The van der Waals surface area contributed by atoms with Crippen molar-refractivity contribution in [3.63, 3.8) is 0 Å². The van der Waals surface area contributed by atoms with Crippen molar-refractivity contribution >= 4 is 23.7 Å².